The second-order valence-corrected chi connectivity index (χ2v) is 9.04. The van der Waals surface area contributed by atoms with Crippen molar-refractivity contribution in [1.29, 1.82) is 0 Å². The van der Waals surface area contributed by atoms with Gasteiger partial charge in [0.2, 0.25) is 0 Å². The third kappa shape index (κ3) is 4.13. The first-order valence-electron chi connectivity index (χ1n) is 12.2. The maximum absolute atomic E-state index is 14.7. The molecule has 0 bridgehead atoms. The molecule has 0 unspecified atom stereocenters. The van der Waals surface area contributed by atoms with Crippen LogP contribution in [-0.2, 0) is 6.42 Å². The minimum Gasteiger partial charge on any atom is -0.491 e. The highest BCUT2D eigenvalue weighted by Gasteiger charge is 2.35. The van der Waals surface area contributed by atoms with E-state index in [4.69, 9.17) is 10.5 Å². The van der Waals surface area contributed by atoms with Crippen LogP contribution in [-0.4, -0.2) is 39.3 Å². The van der Waals surface area contributed by atoms with Crippen molar-refractivity contribution in [3.05, 3.63) is 99.0 Å². The Morgan fingerprint density at radius 3 is 2.53 bits per heavy atom. The molecule has 0 aliphatic carbocycles. The van der Waals surface area contributed by atoms with Crippen LogP contribution in [0.1, 0.15) is 44.6 Å². The van der Waals surface area contributed by atoms with E-state index in [0.717, 1.165) is 5.56 Å². The zero-order chi connectivity index (χ0) is 27.1. The molecule has 0 radical (unpaired) electrons. The summed E-state index contributed by atoms with van der Waals surface area (Å²) in [6.07, 6.45) is 2.03. The quantitative estimate of drug-likeness (QED) is 0.423. The molecule has 38 heavy (non-hydrogen) atoms. The van der Waals surface area contributed by atoms with E-state index in [0.29, 0.717) is 42.1 Å². The van der Waals surface area contributed by atoms with Gasteiger partial charge in [-0.3, -0.25) is 19.0 Å². The summed E-state index contributed by atoms with van der Waals surface area (Å²) in [4.78, 5) is 40.2. The van der Waals surface area contributed by atoms with E-state index in [1.165, 1.54) is 16.8 Å². The number of aromatic nitrogens is 3. The molecule has 0 spiro atoms. The fourth-order valence-corrected chi connectivity index (χ4v) is 4.75. The standard InChI is InChI=1S/C28H26FN5O4/c1-4-38-23-10-8-19(15-21(23)29)34-25-20(24(31-34)26(30)35)11-13-32(28(25)37)18-7-9-22(17(3)14-18)33-12-5-6-16(2)27(33)36/h5-10,12,14-15H,4,11,13H2,1-3H3,(H2,30,35). The number of hydrogen-bond acceptors (Lipinski definition) is 5. The molecular formula is C28H26FN5O4. The van der Waals surface area contributed by atoms with Crippen molar-refractivity contribution >= 4 is 17.5 Å². The molecule has 0 saturated carbocycles. The Morgan fingerprint density at radius 2 is 1.84 bits per heavy atom. The van der Waals surface area contributed by atoms with Crippen molar-refractivity contribution in [2.45, 2.75) is 27.2 Å². The van der Waals surface area contributed by atoms with Gasteiger partial charge in [0.25, 0.3) is 17.4 Å². The highest BCUT2D eigenvalue weighted by molar-refractivity contribution is 6.09. The number of hydrogen-bond donors (Lipinski definition) is 1. The number of nitrogens with two attached hydrogens (primary N) is 1. The fourth-order valence-electron chi connectivity index (χ4n) is 4.75. The summed E-state index contributed by atoms with van der Waals surface area (Å²) in [5, 5.41) is 4.30. The number of carbonyl (C=O) groups excluding carboxylic acids is 2. The van der Waals surface area contributed by atoms with E-state index in [1.54, 1.807) is 59.8 Å². The molecule has 2 aromatic heterocycles. The molecule has 3 heterocycles. The van der Waals surface area contributed by atoms with Gasteiger partial charge >= 0.3 is 0 Å². The zero-order valence-electron chi connectivity index (χ0n) is 21.2. The van der Waals surface area contributed by atoms with E-state index in [-0.39, 0.29) is 28.4 Å². The van der Waals surface area contributed by atoms with E-state index in [9.17, 15) is 18.8 Å². The average Bonchev–Trinajstić information content (AvgIpc) is 3.28. The Balaban J connectivity index is 1.56. The molecule has 4 aromatic rings. The number of anilines is 1. The number of nitrogens with zero attached hydrogens (tertiary/aromatic N) is 4. The Bertz CT molecular complexity index is 1660. The van der Waals surface area contributed by atoms with E-state index >= 15 is 0 Å². The Kier molecular flexibility index (Phi) is 6.31. The van der Waals surface area contributed by atoms with Gasteiger partial charge in [-0.25, -0.2) is 9.07 Å². The normalized spacial score (nSPS) is 12.9. The monoisotopic (exact) mass is 515 g/mol. The highest BCUT2D eigenvalue weighted by Crippen LogP contribution is 2.31. The number of ether oxygens (including phenoxy) is 1. The first-order valence-corrected chi connectivity index (χ1v) is 12.2. The van der Waals surface area contributed by atoms with Crippen LogP contribution >= 0.6 is 0 Å². The first kappa shape index (κ1) is 24.9. The molecule has 5 rings (SSSR count). The van der Waals surface area contributed by atoms with Crippen molar-refractivity contribution < 1.29 is 18.7 Å². The third-order valence-electron chi connectivity index (χ3n) is 6.60. The van der Waals surface area contributed by atoms with Crippen molar-refractivity contribution in [2.75, 3.05) is 18.1 Å². The van der Waals surface area contributed by atoms with Crippen molar-refractivity contribution in [3.63, 3.8) is 0 Å². The molecule has 2 amide bonds. The molecule has 1 aliphatic heterocycles. The van der Waals surface area contributed by atoms with Crippen LogP contribution in [0.3, 0.4) is 0 Å². The van der Waals surface area contributed by atoms with Gasteiger partial charge in [0.1, 0.15) is 5.69 Å². The number of carbonyl (C=O) groups is 2. The number of fused-ring (bicyclic) bond motifs is 1. The zero-order valence-corrected chi connectivity index (χ0v) is 21.2. The fraction of sp³-hybridized carbons (Fsp3) is 0.214. The van der Waals surface area contributed by atoms with Crippen LogP contribution in [0.4, 0.5) is 10.1 Å². The van der Waals surface area contributed by atoms with Gasteiger partial charge in [0.05, 0.1) is 18.0 Å². The molecule has 2 N–H and O–H groups in total. The smallest absolute Gasteiger partial charge is 0.277 e. The number of halogens is 1. The molecule has 1 aliphatic rings. The molecule has 194 valence electrons. The third-order valence-corrected chi connectivity index (χ3v) is 6.60. The first-order chi connectivity index (χ1) is 18.2. The topological polar surface area (TPSA) is 112 Å². The van der Waals surface area contributed by atoms with Crippen LogP contribution in [0.15, 0.2) is 59.5 Å². The van der Waals surface area contributed by atoms with Crippen LogP contribution in [0, 0.1) is 19.7 Å². The van der Waals surface area contributed by atoms with Crippen molar-refractivity contribution in [1.82, 2.24) is 14.3 Å². The summed E-state index contributed by atoms with van der Waals surface area (Å²) < 4.78 is 22.8. The lowest BCUT2D eigenvalue weighted by Gasteiger charge is -2.28. The van der Waals surface area contributed by atoms with Crippen LogP contribution in [0.2, 0.25) is 0 Å². The molecule has 0 fully saturated rings. The number of aryl methyl sites for hydroxylation is 2. The predicted octanol–water partition coefficient (Wildman–Crippen LogP) is 3.48. The van der Waals surface area contributed by atoms with Crippen LogP contribution in [0.25, 0.3) is 11.4 Å². The largest absolute Gasteiger partial charge is 0.491 e. The predicted molar refractivity (Wildman–Crippen MR) is 140 cm³/mol. The number of pyridine rings is 1. The number of amides is 2. The van der Waals surface area contributed by atoms with Gasteiger partial charge in [-0.2, -0.15) is 5.10 Å². The molecule has 0 atom stereocenters. The van der Waals surface area contributed by atoms with E-state index in [1.807, 2.05) is 13.0 Å². The number of rotatable bonds is 6. The van der Waals surface area contributed by atoms with Gasteiger partial charge < -0.3 is 15.4 Å². The summed E-state index contributed by atoms with van der Waals surface area (Å²) in [5.41, 5.74) is 9.01. The molecule has 10 heteroatoms. The Morgan fingerprint density at radius 1 is 1.08 bits per heavy atom. The molecular weight excluding hydrogens is 489 g/mol. The summed E-state index contributed by atoms with van der Waals surface area (Å²) in [5.74, 6) is -1.72. The minimum atomic E-state index is -0.767. The molecule has 9 nitrogen and oxygen atoms in total. The van der Waals surface area contributed by atoms with Gasteiger partial charge in [0.15, 0.2) is 17.3 Å². The van der Waals surface area contributed by atoms with E-state index in [2.05, 4.69) is 5.10 Å². The minimum absolute atomic E-state index is 0.0207. The van der Waals surface area contributed by atoms with Gasteiger partial charge in [-0.05, 0) is 69.2 Å². The molecule has 0 saturated heterocycles. The lowest BCUT2D eigenvalue weighted by Crippen LogP contribution is -2.39. The van der Waals surface area contributed by atoms with Gasteiger partial charge in [-0.15, -0.1) is 0 Å². The number of benzene rings is 2. The highest BCUT2D eigenvalue weighted by atomic mass is 19.1. The maximum Gasteiger partial charge on any atom is 0.277 e. The summed E-state index contributed by atoms with van der Waals surface area (Å²) in [6.45, 7) is 5.96. The van der Waals surface area contributed by atoms with Crippen LogP contribution in [0.5, 0.6) is 5.75 Å². The second kappa shape index (κ2) is 9.62. The summed E-state index contributed by atoms with van der Waals surface area (Å²) in [7, 11) is 0. The summed E-state index contributed by atoms with van der Waals surface area (Å²) in [6, 6.07) is 13.2. The second-order valence-electron chi connectivity index (χ2n) is 9.04. The van der Waals surface area contributed by atoms with Gasteiger partial charge in [-0.1, -0.05) is 6.07 Å². The van der Waals surface area contributed by atoms with Crippen molar-refractivity contribution in [2.24, 2.45) is 5.73 Å². The Hall–Kier alpha value is -4.73. The lowest BCUT2D eigenvalue weighted by atomic mass is 10.0. The molecule has 2 aromatic carbocycles. The SMILES string of the molecule is CCOc1ccc(-n2nc(C(N)=O)c3c2C(=O)N(c2ccc(-n4cccc(C)c4=O)c(C)c2)CC3)cc1F. The van der Waals surface area contributed by atoms with Gasteiger partial charge in [0, 0.05) is 35.6 Å². The van der Waals surface area contributed by atoms with Crippen LogP contribution < -0.4 is 20.9 Å². The average molecular weight is 516 g/mol. The van der Waals surface area contributed by atoms with Crippen molar-refractivity contribution in [3.8, 4) is 17.1 Å². The lowest BCUT2D eigenvalue weighted by molar-refractivity contribution is 0.0972. The van der Waals surface area contributed by atoms with E-state index < -0.39 is 17.6 Å². The Labute approximate surface area is 217 Å². The maximum atomic E-state index is 14.7. The number of primary amides is 1. The summed E-state index contributed by atoms with van der Waals surface area (Å²) >= 11 is 0.